The number of ether oxygens (including phenoxy) is 1. The van der Waals surface area contributed by atoms with Gasteiger partial charge in [0.05, 0.1) is 6.07 Å². The molecule has 0 heterocycles. The molecule has 0 saturated carbocycles. The molecule has 0 aliphatic rings. The van der Waals surface area contributed by atoms with Crippen molar-refractivity contribution in [3.63, 3.8) is 0 Å². The molecule has 34 heavy (non-hydrogen) atoms. The number of carbonyl (C=O) groups is 3. The van der Waals surface area contributed by atoms with Gasteiger partial charge >= 0.3 is 6.09 Å². The van der Waals surface area contributed by atoms with Gasteiger partial charge in [-0.25, -0.2) is 4.79 Å². The summed E-state index contributed by atoms with van der Waals surface area (Å²) in [6.07, 6.45) is 0.814. The zero-order chi connectivity index (χ0) is 26.1. The number of rotatable bonds is 10. The van der Waals surface area contributed by atoms with Crippen molar-refractivity contribution >= 4 is 17.9 Å². The van der Waals surface area contributed by atoms with E-state index in [4.69, 9.17) is 4.74 Å². The van der Waals surface area contributed by atoms with Crippen LogP contribution < -0.4 is 10.6 Å². The molecule has 0 saturated heterocycles. The summed E-state index contributed by atoms with van der Waals surface area (Å²) >= 11 is 0. The molecule has 0 aliphatic heterocycles. The van der Waals surface area contributed by atoms with Gasteiger partial charge in [-0.1, -0.05) is 45.4 Å². The number of carbonyl (C=O) groups excluding carboxylic acids is 3. The smallest absolute Gasteiger partial charge is 0.408 e. The molecule has 0 fully saturated rings. The first-order valence-corrected chi connectivity index (χ1v) is 11.6. The molecule has 3 N–H and O–H groups in total. The number of alkyl carbamates (subject to hydrolysis) is 1. The topological polar surface area (TPSA) is 132 Å². The van der Waals surface area contributed by atoms with E-state index in [1.54, 1.807) is 59.7 Å². The number of nitrogens with zero attached hydrogens (tertiary/aromatic N) is 2. The Kier molecular flexibility index (Phi) is 10.8. The van der Waals surface area contributed by atoms with Gasteiger partial charge < -0.3 is 25.4 Å². The van der Waals surface area contributed by atoms with Crippen LogP contribution in [-0.2, 0) is 14.3 Å². The van der Waals surface area contributed by atoms with Crippen LogP contribution in [0.3, 0.4) is 0 Å². The Morgan fingerprint density at radius 1 is 1.24 bits per heavy atom. The van der Waals surface area contributed by atoms with E-state index in [0.717, 1.165) is 17.7 Å². The van der Waals surface area contributed by atoms with Crippen molar-refractivity contribution in [3.8, 4) is 11.8 Å². The Bertz CT molecular complexity index is 902. The van der Waals surface area contributed by atoms with E-state index in [2.05, 4.69) is 10.6 Å². The molecule has 188 valence electrons. The molecule has 1 aromatic carbocycles. The molecule has 9 heteroatoms. The molecule has 1 aromatic rings. The van der Waals surface area contributed by atoms with Gasteiger partial charge in [0, 0.05) is 12.1 Å². The minimum Gasteiger partial charge on any atom is -0.507 e. The van der Waals surface area contributed by atoms with Gasteiger partial charge in [-0.15, -0.1) is 0 Å². The zero-order valence-corrected chi connectivity index (χ0v) is 21.3. The molecule has 0 radical (unpaired) electrons. The lowest BCUT2D eigenvalue weighted by atomic mass is 9.97. The maximum Gasteiger partial charge on any atom is 0.408 e. The van der Waals surface area contributed by atoms with E-state index >= 15 is 0 Å². The Hall–Kier alpha value is -3.28. The molecule has 1 rings (SSSR count). The van der Waals surface area contributed by atoms with Crippen molar-refractivity contribution in [2.75, 3.05) is 13.1 Å². The van der Waals surface area contributed by atoms with Crippen LogP contribution in [0.5, 0.6) is 5.75 Å². The van der Waals surface area contributed by atoms with Gasteiger partial charge in [0.15, 0.2) is 0 Å². The Morgan fingerprint density at radius 2 is 1.88 bits per heavy atom. The summed E-state index contributed by atoms with van der Waals surface area (Å²) in [5.41, 5.74) is -0.0337. The zero-order valence-electron chi connectivity index (χ0n) is 21.3. The number of unbranched alkanes of at least 4 members (excludes halogenated alkanes) is 1. The predicted molar refractivity (Wildman–Crippen MR) is 129 cm³/mol. The molecular formula is C25H38N4O5. The van der Waals surface area contributed by atoms with Crippen LogP contribution in [0.2, 0.25) is 0 Å². The molecule has 2 atom stereocenters. The van der Waals surface area contributed by atoms with Gasteiger partial charge in [-0.05, 0) is 45.6 Å². The van der Waals surface area contributed by atoms with Crippen LogP contribution in [0, 0.1) is 24.2 Å². The Labute approximate surface area is 202 Å². The second kappa shape index (κ2) is 12.8. The summed E-state index contributed by atoms with van der Waals surface area (Å²) in [6, 6.07) is 4.53. The van der Waals surface area contributed by atoms with E-state index < -0.39 is 42.1 Å². The third-order valence-electron chi connectivity index (χ3n) is 5.08. The number of nitrogens with one attached hydrogen (secondary N) is 2. The van der Waals surface area contributed by atoms with E-state index in [0.29, 0.717) is 12.1 Å². The number of hydrogen-bond acceptors (Lipinski definition) is 6. The van der Waals surface area contributed by atoms with Crippen molar-refractivity contribution in [2.45, 2.75) is 79.0 Å². The predicted octanol–water partition coefficient (Wildman–Crippen LogP) is 3.56. The molecule has 2 unspecified atom stereocenters. The molecule has 0 aromatic heterocycles. The molecular weight excluding hydrogens is 436 g/mol. The van der Waals surface area contributed by atoms with Crippen molar-refractivity contribution in [3.05, 3.63) is 29.3 Å². The molecule has 9 nitrogen and oxygen atoms in total. The maximum atomic E-state index is 13.7. The highest BCUT2D eigenvalue weighted by Crippen LogP contribution is 2.32. The average molecular weight is 475 g/mol. The number of aromatic hydroxyl groups is 1. The van der Waals surface area contributed by atoms with Crippen LogP contribution in [0.15, 0.2) is 18.2 Å². The van der Waals surface area contributed by atoms with Crippen molar-refractivity contribution < 1.29 is 24.2 Å². The largest absolute Gasteiger partial charge is 0.507 e. The summed E-state index contributed by atoms with van der Waals surface area (Å²) in [7, 11) is 0. The third-order valence-corrected chi connectivity index (χ3v) is 5.08. The minimum absolute atomic E-state index is 0.130. The Balaban J connectivity index is 3.45. The first-order chi connectivity index (χ1) is 15.8. The third kappa shape index (κ3) is 8.25. The first kappa shape index (κ1) is 28.8. The summed E-state index contributed by atoms with van der Waals surface area (Å²) in [4.78, 5) is 40.4. The highest BCUT2D eigenvalue weighted by atomic mass is 16.6. The summed E-state index contributed by atoms with van der Waals surface area (Å²) in [5, 5.41) is 25.6. The normalized spacial score (nSPS) is 12.9. The lowest BCUT2D eigenvalue weighted by molar-refractivity contribution is -0.142. The lowest BCUT2D eigenvalue weighted by Gasteiger charge is -2.34. The average Bonchev–Trinajstić information content (AvgIpc) is 2.72. The number of phenols is 1. The minimum atomic E-state index is -1.26. The standard InChI is InChI=1S/C25H38N4O5/c1-8-9-14-27-22(31)20(18-12-10-11-17(4)21(18)30)29(15-13-26)23(32)19(16(2)3)28-24(33)34-25(5,6)7/h10-12,16,19-20,30H,8-9,14-15H2,1-7H3,(H,27,31)(H,28,33). The number of benzene rings is 1. The molecule has 3 amide bonds. The highest BCUT2D eigenvalue weighted by molar-refractivity contribution is 5.92. The number of hydrogen-bond donors (Lipinski definition) is 3. The van der Waals surface area contributed by atoms with Gasteiger partial charge in [0.25, 0.3) is 0 Å². The number of para-hydroxylation sites is 1. The lowest BCUT2D eigenvalue weighted by Crippen LogP contribution is -2.55. The number of amides is 3. The van der Waals surface area contributed by atoms with E-state index in [9.17, 15) is 24.8 Å². The van der Waals surface area contributed by atoms with Crippen LogP contribution in [-0.4, -0.2) is 52.6 Å². The maximum absolute atomic E-state index is 13.7. The monoisotopic (exact) mass is 474 g/mol. The van der Waals surface area contributed by atoms with Gasteiger partial charge in [0.1, 0.15) is 30.0 Å². The van der Waals surface area contributed by atoms with Crippen LogP contribution in [0.4, 0.5) is 4.79 Å². The van der Waals surface area contributed by atoms with Crippen molar-refractivity contribution in [1.29, 1.82) is 5.26 Å². The highest BCUT2D eigenvalue weighted by Gasteiger charge is 2.38. The summed E-state index contributed by atoms with van der Waals surface area (Å²) in [5.74, 6) is -1.64. The van der Waals surface area contributed by atoms with E-state index in [1.807, 2.05) is 13.0 Å². The second-order valence-corrected chi connectivity index (χ2v) is 9.55. The van der Waals surface area contributed by atoms with Gasteiger partial charge in [-0.3, -0.25) is 9.59 Å². The number of nitriles is 1. The fourth-order valence-electron chi connectivity index (χ4n) is 3.34. The fourth-order valence-corrected chi connectivity index (χ4v) is 3.34. The van der Waals surface area contributed by atoms with Crippen molar-refractivity contribution in [2.24, 2.45) is 5.92 Å². The number of phenolic OH excluding ortho intramolecular Hbond substituents is 1. The summed E-state index contributed by atoms with van der Waals surface area (Å²) in [6.45, 7) is 12.2. The Morgan fingerprint density at radius 3 is 2.41 bits per heavy atom. The molecule has 0 bridgehead atoms. The van der Waals surface area contributed by atoms with Crippen molar-refractivity contribution in [1.82, 2.24) is 15.5 Å². The number of aryl methyl sites for hydroxylation is 1. The molecule has 0 spiro atoms. The second-order valence-electron chi connectivity index (χ2n) is 9.55. The van der Waals surface area contributed by atoms with Gasteiger partial charge in [-0.2, -0.15) is 5.26 Å². The summed E-state index contributed by atoms with van der Waals surface area (Å²) < 4.78 is 5.30. The quantitative estimate of drug-likeness (QED) is 0.351. The van der Waals surface area contributed by atoms with Gasteiger partial charge in [0.2, 0.25) is 11.8 Å². The fraction of sp³-hybridized carbons (Fsp3) is 0.600. The molecule has 0 aliphatic carbocycles. The van der Waals surface area contributed by atoms with Crippen LogP contribution in [0.25, 0.3) is 0 Å². The van der Waals surface area contributed by atoms with E-state index in [-0.39, 0.29) is 17.2 Å². The first-order valence-electron chi connectivity index (χ1n) is 11.6. The SMILES string of the molecule is CCCCNC(=O)C(c1cccc(C)c1O)N(CC#N)C(=O)C(NC(=O)OC(C)(C)C)C(C)C. The van der Waals surface area contributed by atoms with E-state index in [1.165, 1.54) is 0 Å². The van der Waals surface area contributed by atoms with Crippen LogP contribution in [0.1, 0.15) is 71.6 Å². The van der Waals surface area contributed by atoms with Crippen LogP contribution >= 0.6 is 0 Å².